The third-order valence-corrected chi connectivity index (χ3v) is 4.70. The molecule has 0 amide bonds. The van der Waals surface area contributed by atoms with Crippen LogP contribution in [-0.2, 0) is 0 Å². The Hall–Kier alpha value is -1.55. The molecule has 0 bridgehead atoms. The first-order valence-electron chi connectivity index (χ1n) is 6.73. The fourth-order valence-corrected chi connectivity index (χ4v) is 3.12. The molecule has 20 heavy (non-hydrogen) atoms. The van der Waals surface area contributed by atoms with Crippen molar-refractivity contribution in [2.24, 2.45) is 11.1 Å². The van der Waals surface area contributed by atoms with E-state index in [4.69, 9.17) is 15.9 Å². The molecule has 0 radical (unpaired) electrons. The second-order valence-electron chi connectivity index (χ2n) is 5.59. The van der Waals surface area contributed by atoms with Gasteiger partial charge in [0.05, 0.1) is 16.9 Å². The van der Waals surface area contributed by atoms with Crippen LogP contribution < -0.4 is 10.5 Å². The van der Waals surface area contributed by atoms with Crippen molar-refractivity contribution in [2.45, 2.75) is 19.3 Å². The predicted octanol–water partition coefficient (Wildman–Crippen LogP) is 4.09. The Kier molecular flexibility index (Phi) is 3.42. The summed E-state index contributed by atoms with van der Waals surface area (Å²) in [5, 5.41) is 9.78. The van der Waals surface area contributed by atoms with Crippen molar-refractivity contribution in [3.8, 4) is 5.75 Å². The van der Waals surface area contributed by atoms with Crippen LogP contribution in [-0.4, -0.2) is 12.4 Å². The minimum Gasteiger partial charge on any atom is -0.492 e. The lowest BCUT2D eigenvalue weighted by Crippen LogP contribution is -2.21. The molecule has 2 aromatic rings. The van der Waals surface area contributed by atoms with Crippen LogP contribution in [0.4, 0.5) is 0 Å². The van der Waals surface area contributed by atoms with Crippen LogP contribution >= 0.6 is 15.9 Å². The van der Waals surface area contributed by atoms with Gasteiger partial charge in [0, 0.05) is 11.8 Å². The molecule has 0 unspecified atom stereocenters. The van der Waals surface area contributed by atoms with Crippen molar-refractivity contribution in [1.29, 1.82) is 5.41 Å². The number of nitrogens with two attached hydrogens (primary N) is 1. The number of benzene rings is 2. The van der Waals surface area contributed by atoms with Gasteiger partial charge in [-0.05, 0) is 45.6 Å². The monoisotopic (exact) mass is 332 g/mol. The maximum atomic E-state index is 7.44. The number of hydrogen-bond acceptors (Lipinski definition) is 2. The fraction of sp³-hybridized carbons (Fsp3) is 0.312. The van der Waals surface area contributed by atoms with Crippen LogP contribution in [0.2, 0.25) is 0 Å². The standard InChI is InChI=1S/C16H17BrN2O/c17-15-12-4-2-1-3-11(12)5-6-13(15)20-10-16(7-8-16)9-14(18)19/h1-6H,7-10H2,(H3,18,19). The molecule has 0 heterocycles. The van der Waals surface area contributed by atoms with E-state index in [1.54, 1.807) is 0 Å². The number of ether oxygens (including phenoxy) is 1. The van der Waals surface area contributed by atoms with Crippen LogP contribution in [0.25, 0.3) is 10.8 Å². The molecule has 1 fully saturated rings. The Bertz CT molecular complexity index is 665. The lowest BCUT2D eigenvalue weighted by Gasteiger charge is -2.17. The molecule has 2 aromatic carbocycles. The van der Waals surface area contributed by atoms with Crippen molar-refractivity contribution < 1.29 is 4.74 Å². The molecule has 1 aliphatic rings. The predicted molar refractivity (Wildman–Crippen MR) is 85.3 cm³/mol. The van der Waals surface area contributed by atoms with E-state index in [1.165, 1.54) is 5.39 Å². The van der Waals surface area contributed by atoms with E-state index >= 15 is 0 Å². The van der Waals surface area contributed by atoms with Gasteiger partial charge in [0.1, 0.15) is 5.75 Å². The second kappa shape index (κ2) is 5.09. The third kappa shape index (κ3) is 2.66. The van der Waals surface area contributed by atoms with E-state index in [0.29, 0.717) is 13.0 Å². The van der Waals surface area contributed by atoms with Gasteiger partial charge in [-0.15, -0.1) is 0 Å². The molecular formula is C16H17BrN2O. The number of amidine groups is 1. The normalized spacial score (nSPS) is 16.1. The molecule has 0 aliphatic heterocycles. The Morgan fingerprint density at radius 3 is 2.70 bits per heavy atom. The second-order valence-corrected chi connectivity index (χ2v) is 6.38. The van der Waals surface area contributed by atoms with Crippen molar-refractivity contribution in [1.82, 2.24) is 0 Å². The molecule has 1 aliphatic carbocycles. The number of rotatable bonds is 5. The molecule has 0 atom stereocenters. The van der Waals surface area contributed by atoms with Crippen LogP contribution in [0.5, 0.6) is 5.75 Å². The van der Waals surface area contributed by atoms with Crippen LogP contribution in [0.1, 0.15) is 19.3 Å². The topological polar surface area (TPSA) is 59.1 Å². The van der Waals surface area contributed by atoms with E-state index in [1.807, 2.05) is 18.2 Å². The highest BCUT2D eigenvalue weighted by Gasteiger charge is 2.44. The van der Waals surface area contributed by atoms with E-state index in [2.05, 4.69) is 34.1 Å². The molecule has 1 saturated carbocycles. The summed E-state index contributed by atoms with van der Waals surface area (Å²) in [7, 11) is 0. The fourth-order valence-electron chi connectivity index (χ4n) is 2.51. The number of fused-ring (bicyclic) bond motifs is 1. The van der Waals surface area contributed by atoms with Gasteiger partial charge in [-0.2, -0.15) is 0 Å². The van der Waals surface area contributed by atoms with E-state index < -0.39 is 0 Å². The van der Waals surface area contributed by atoms with Crippen LogP contribution in [0, 0.1) is 10.8 Å². The summed E-state index contributed by atoms with van der Waals surface area (Å²) in [6.45, 7) is 0.628. The first-order valence-corrected chi connectivity index (χ1v) is 7.52. The van der Waals surface area contributed by atoms with E-state index in [-0.39, 0.29) is 11.3 Å². The maximum absolute atomic E-state index is 7.44. The zero-order valence-corrected chi connectivity index (χ0v) is 12.7. The van der Waals surface area contributed by atoms with Gasteiger partial charge in [0.15, 0.2) is 0 Å². The molecule has 3 rings (SSSR count). The summed E-state index contributed by atoms with van der Waals surface area (Å²) in [6, 6.07) is 12.3. The lowest BCUT2D eigenvalue weighted by molar-refractivity contribution is 0.237. The van der Waals surface area contributed by atoms with Gasteiger partial charge >= 0.3 is 0 Å². The van der Waals surface area contributed by atoms with Gasteiger partial charge in [0.25, 0.3) is 0 Å². The summed E-state index contributed by atoms with van der Waals surface area (Å²) < 4.78 is 6.97. The third-order valence-electron chi connectivity index (χ3n) is 3.88. The number of halogens is 1. The number of nitrogens with one attached hydrogen (secondary N) is 1. The summed E-state index contributed by atoms with van der Waals surface area (Å²) in [6.07, 6.45) is 2.83. The van der Waals surface area contributed by atoms with E-state index in [0.717, 1.165) is 28.5 Å². The zero-order chi connectivity index (χ0) is 14.2. The zero-order valence-electron chi connectivity index (χ0n) is 11.2. The highest BCUT2D eigenvalue weighted by atomic mass is 79.9. The molecule has 4 heteroatoms. The Balaban J connectivity index is 1.78. The summed E-state index contributed by atoms with van der Waals surface area (Å²) >= 11 is 3.63. The van der Waals surface area contributed by atoms with Crippen molar-refractivity contribution in [2.75, 3.05) is 6.61 Å². The van der Waals surface area contributed by atoms with Crippen molar-refractivity contribution >= 4 is 32.5 Å². The van der Waals surface area contributed by atoms with Gasteiger partial charge in [0.2, 0.25) is 0 Å². The first-order chi connectivity index (χ1) is 9.60. The van der Waals surface area contributed by atoms with Crippen molar-refractivity contribution in [3.63, 3.8) is 0 Å². The lowest BCUT2D eigenvalue weighted by atomic mass is 10.0. The molecule has 3 nitrogen and oxygen atoms in total. The Labute approximate surface area is 126 Å². The minimum atomic E-state index is 0.0942. The quantitative estimate of drug-likeness (QED) is 0.640. The van der Waals surface area contributed by atoms with Gasteiger partial charge in [-0.1, -0.05) is 30.3 Å². The minimum absolute atomic E-state index is 0.0942. The van der Waals surface area contributed by atoms with Gasteiger partial charge in [-0.25, -0.2) is 0 Å². The highest BCUT2D eigenvalue weighted by Crippen LogP contribution is 2.49. The number of hydrogen-bond donors (Lipinski definition) is 2. The molecular weight excluding hydrogens is 316 g/mol. The molecule has 0 saturated heterocycles. The molecule has 3 N–H and O–H groups in total. The Morgan fingerprint density at radius 1 is 1.25 bits per heavy atom. The van der Waals surface area contributed by atoms with Crippen LogP contribution in [0.3, 0.4) is 0 Å². The average Bonchev–Trinajstić information content (AvgIpc) is 3.17. The van der Waals surface area contributed by atoms with Crippen LogP contribution in [0.15, 0.2) is 40.9 Å². The summed E-state index contributed by atoms with van der Waals surface area (Å²) in [4.78, 5) is 0. The van der Waals surface area contributed by atoms with E-state index in [9.17, 15) is 0 Å². The van der Waals surface area contributed by atoms with Crippen molar-refractivity contribution in [3.05, 3.63) is 40.9 Å². The molecule has 0 spiro atoms. The average molecular weight is 333 g/mol. The smallest absolute Gasteiger partial charge is 0.134 e. The highest BCUT2D eigenvalue weighted by molar-refractivity contribution is 9.10. The first kappa shape index (κ1) is 13.4. The summed E-state index contributed by atoms with van der Waals surface area (Å²) in [5.41, 5.74) is 5.60. The SMILES string of the molecule is N=C(N)CC1(COc2ccc3ccccc3c2Br)CC1. The van der Waals surface area contributed by atoms with Gasteiger partial charge < -0.3 is 10.5 Å². The van der Waals surface area contributed by atoms with Gasteiger partial charge in [-0.3, -0.25) is 5.41 Å². The maximum Gasteiger partial charge on any atom is 0.134 e. The molecule has 0 aromatic heterocycles. The largest absolute Gasteiger partial charge is 0.492 e. The summed E-state index contributed by atoms with van der Waals surface area (Å²) in [5.74, 6) is 1.11. The molecule has 104 valence electrons. The Morgan fingerprint density at radius 2 is 2.00 bits per heavy atom.